The van der Waals surface area contributed by atoms with E-state index in [1.54, 1.807) is 12.3 Å². The van der Waals surface area contributed by atoms with E-state index in [4.69, 9.17) is 0 Å². The Hall–Kier alpha value is -3.04. The van der Waals surface area contributed by atoms with Crippen LogP contribution in [0.2, 0.25) is 0 Å². The third-order valence-electron chi connectivity index (χ3n) is 9.11. The van der Waals surface area contributed by atoms with Gasteiger partial charge in [-0.2, -0.15) is 5.10 Å². The van der Waals surface area contributed by atoms with Gasteiger partial charge in [-0.1, -0.05) is 36.4 Å². The molecular formula is C29H34N4O4. The van der Waals surface area contributed by atoms with Gasteiger partial charge in [0.15, 0.2) is 0 Å². The summed E-state index contributed by atoms with van der Waals surface area (Å²) in [6.07, 6.45) is 5.51. The second-order valence-corrected chi connectivity index (χ2v) is 11.0. The number of ketones is 1. The highest BCUT2D eigenvalue weighted by Crippen LogP contribution is 2.59. The minimum atomic E-state index is -1.07. The number of aromatic amines is 1. The van der Waals surface area contributed by atoms with E-state index in [-0.39, 0.29) is 24.0 Å². The Balaban J connectivity index is 1.22. The van der Waals surface area contributed by atoms with Crippen molar-refractivity contribution < 1.29 is 20.1 Å². The maximum Gasteiger partial charge on any atom is 0.134 e. The summed E-state index contributed by atoms with van der Waals surface area (Å²) in [5.74, 6) is 0.140. The predicted molar refractivity (Wildman–Crippen MR) is 139 cm³/mol. The molecule has 4 atom stereocenters. The summed E-state index contributed by atoms with van der Waals surface area (Å²) in [6, 6.07) is 11.9. The fraction of sp³-hybridized carbons (Fsp3) is 0.448. The Morgan fingerprint density at radius 3 is 2.76 bits per heavy atom. The summed E-state index contributed by atoms with van der Waals surface area (Å²) in [6.45, 7) is 1.27. The Bertz CT molecular complexity index is 1310. The highest BCUT2D eigenvalue weighted by molar-refractivity contribution is 5.83. The largest absolute Gasteiger partial charge is 0.507 e. The highest BCUT2D eigenvalue weighted by Gasteiger charge is 2.65. The first-order valence-corrected chi connectivity index (χ1v) is 13.1. The van der Waals surface area contributed by atoms with Crippen LogP contribution < -0.4 is 5.32 Å². The standard InChI is InChI=1S/C29H34N4O4/c1-33-13-11-28-15-22(34)8-10-29(28,37)24(33)14-20-6-7-23(26(35)25(20)28)27(36)30-12-9-18-2-4-19(5-3-18)21-16-31-32-17-21/h2-7,16-17,24,27,30,35-37H,8-15H2,1H3,(H,31,32). The van der Waals surface area contributed by atoms with Gasteiger partial charge in [-0.05, 0) is 56.0 Å². The summed E-state index contributed by atoms with van der Waals surface area (Å²) in [5.41, 5.74) is 3.38. The Kier molecular flexibility index (Phi) is 5.95. The van der Waals surface area contributed by atoms with Crippen molar-refractivity contribution in [2.24, 2.45) is 0 Å². The average molecular weight is 503 g/mol. The average Bonchev–Trinajstić information content (AvgIpc) is 3.42. The number of phenols is 1. The lowest BCUT2D eigenvalue weighted by Crippen LogP contribution is -2.72. The predicted octanol–water partition coefficient (Wildman–Crippen LogP) is 2.59. The number of nitrogens with one attached hydrogen (secondary N) is 2. The van der Waals surface area contributed by atoms with Gasteiger partial charge in [-0.3, -0.25) is 15.2 Å². The van der Waals surface area contributed by atoms with E-state index >= 15 is 0 Å². The van der Waals surface area contributed by atoms with Gasteiger partial charge in [0.2, 0.25) is 0 Å². The van der Waals surface area contributed by atoms with Crippen LogP contribution in [-0.4, -0.2) is 68.0 Å². The van der Waals surface area contributed by atoms with Crippen LogP contribution in [0, 0.1) is 0 Å². The maximum atomic E-state index is 12.7. The molecule has 2 fully saturated rings. The van der Waals surface area contributed by atoms with Crippen LogP contribution in [0.1, 0.15) is 54.2 Å². The van der Waals surface area contributed by atoms with Crippen LogP contribution in [-0.2, 0) is 23.1 Å². The van der Waals surface area contributed by atoms with E-state index in [2.05, 4.69) is 32.5 Å². The summed E-state index contributed by atoms with van der Waals surface area (Å²) < 4.78 is 0. The lowest BCUT2D eigenvalue weighted by molar-refractivity contribution is -0.169. The van der Waals surface area contributed by atoms with Crippen molar-refractivity contribution in [3.8, 4) is 16.9 Å². The zero-order valence-electron chi connectivity index (χ0n) is 21.1. The maximum absolute atomic E-state index is 12.7. The number of hydrogen-bond acceptors (Lipinski definition) is 7. The molecular weight excluding hydrogens is 468 g/mol. The van der Waals surface area contributed by atoms with E-state index in [0.717, 1.165) is 28.8 Å². The molecule has 1 saturated carbocycles. The normalized spacial score (nSPS) is 28.0. The summed E-state index contributed by atoms with van der Waals surface area (Å²) in [7, 11) is 2.03. The van der Waals surface area contributed by atoms with E-state index < -0.39 is 17.2 Å². The monoisotopic (exact) mass is 502 g/mol. The van der Waals surface area contributed by atoms with Crippen LogP contribution in [0.3, 0.4) is 0 Å². The molecule has 2 heterocycles. The van der Waals surface area contributed by atoms with Gasteiger partial charge in [0.25, 0.3) is 0 Å². The van der Waals surface area contributed by atoms with Gasteiger partial charge in [0.1, 0.15) is 17.8 Å². The molecule has 8 heteroatoms. The van der Waals surface area contributed by atoms with E-state index in [0.29, 0.717) is 49.8 Å². The quantitative estimate of drug-likeness (QED) is 0.329. The minimum Gasteiger partial charge on any atom is -0.507 e. The number of likely N-dealkylation sites (N-methyl/N-ethyl adjacent to an activating group) is 1. The molecule has 1 aliphatic heterocycles. The topological polar surface area (TPSA) is 122 Å². The third kappa shape index (κ3) is 3.82. The number of benzene rings is 2. The highest BCUT2D eigenvalue weighted by atomic mass is 16.3. The Morgan fingerprint density at radius 2 is 2.00 bits per heavy atom. The molecule has 5 N–H and O–H groups in total. The number of aromatic nitrogens is 2. The van der Waals surface area contributed by atoms with Gasteiger partial charge in [0, 0.05) is 53.7 Å². The zero-order valence-corrected chi connectivity index (χ0v) is 21.1. The van der Waals surface area contributed by atoms with Crippen LogP contribution >= 0.6 is 0 Å². The van der Waals surface area contributed by atoms with Crippen molar-refractivity contribution in [3.05, 3.63) is 71.0 Å². The first-order valence-electron chi connectivity index (χ1n) is 13.1. The molecule has 6 rings (SSSR count). The number of phenolic OH excluding ortho intramolecular Hbond substituents is 1. The molecule has 2 bridgehead atoms. The van der Waals surface area contributed by atoms with Gasteiger partial charge in [-0.25, -0.2) is 0 Å². The van der Waals surface area contributed by atoms with Gasteiger partial charge in [-0.15, -0.1) is 0 Å². The van der Waals surface area contributed by atoms with E-state index in [9.17, 15) is 20.1 Å². The van der Waals surface area contributed by atoms with Crippen LogP contribution in [0.15, 0.2) is 48.8 Å². The first kappa shape index (κ1) is 24.3. The van der Waals surface area contributed by atoms with E-state index in [1.165, 1.54) is 0 Å². The van der Waals surface area contributed by atoms with Crippen molar-refractivity contribution in [2.45, 2.75) is 61.8 Å². The molecule has 0 amide bonds. The number of aromatic hydroxyl groups is 1. The number of H-pyrrole nitrogens is 1. The number of rotatable bonds is 6. The lowest BCUT2D eigenvalue weighted by atomic mass is 9.49. The van der Waals surface area contributed by atoms with Gasteiger partial charge in [0.05, 0.1) is 11.8 Å². The number of carbonyl (C=O) groups is 1. The molecule has 4 unspecified atom stereocenters. The number of piperidine rings is 1. The molecule has 37 heavy (non-hydrogen) atoms. The van der Waals surface area contributed by atoms with Crippen molar-refractivity contribution in [3.63, 3.8) is 0 Å². The number of likely N-dealkylation sites (tertiary alicyclic amines) is 1. The van der Waals surface area contributed by atoms with Gasteiger partial charge >= 0.3 is 0 Å². The number of hydrogen-bond donors (Lipinski definition) is 5. The van der Waals surface area contributed by atoms with Crippen molar-refractivity contribution in [1.29, 1.82) is 0 Å². The number of Topliss-reactive ketones (excluding diaryl/α,β-unsaturated/α-hetero) is 1. The lowest BCUT2D eigenvalue weighted by Gasteiger charge is -2.62. The molecule has 2 aliphatic carbocycles. The zero-order chi connectivity index (χ0) is 25.8. The number of aliphatic hydroxyl groups excluding tert-OH is 1. The van der Waals surface area contributed by atoms with Crippen molar-refractivity contribution in [2.75, 3.05) is 20.1 Å². The molecule has 0 radical (unpaired) electrons. The second kappa shape index (κ2) is 9.06. The molecule has 1 saturated heterocycles. The SMILES string of the molecule is CN1CCC23CC(=O)CCC2(O)C1Cc1ccc(C(O)NCCc2ccc(-c4cn[nH]c4)cc2)c(O)c13. The molecule has 0 spiro atoms. The number of fused-ring (bicyclic) bond motifs is 1. The smallest absolute Gasteiger partial charge is 0.134 e. The minimum absolute atomic E-state index is 0.0121. The molecule has 1 aromatic heterocycles. The summed E-state index contributed by atoms with van der Waals surface area (Å²) >= 11 is 0. The van der Waals surface area contributed by atoms with E-state index in [1.807, 2.05) is 31.4 Å². The molecule has 8 nitrogen and oxygen atoms in total. The first-order chi connectivity index (χ1) is 17.8. The van der Waals surface area contributed by atoms with Crippen molar-refractivity contribution >= 4 is 5.78 Å². The van der Waals surface area contributed by atoms with Crippen LogP contribution in [0.25, 0.3) is 11.1 Å². The Labute approximate surface area is 216 Å². The van der Waals surface area contributed by atoms with Crippen LogP contribution in [0.4, 0.5) is 0 Å². The van der Waals surface area contributed by atoms with Gasteiger partial charge < -0.3 is 20.2 Å². The second-order valence-electron chi connectivity index (χ2n) is 11.0. The van der Waals surface area contributed by atoms with Crippen molar-refractivity contribution in [1.82, 2.24) is 20.4 Å². The molecule has 3 aliphatic rings. The Morgan fingerprint density at radius 1 is 1.19 bits per heavy atom. The summed E-state index contributed by atoms with van der Waals surface area (Å²) in [4.78, 5) is 14.9. The fourth-order valence-electron chi connectivity index (χ4n) is 7.10. The molecule has 3 aromatic rings. The number of aliphatic hydroxyl groups is 2. The fourth-order valence-corrected chi connectivity index (χ4v) is 7.10. The summed E-state index contributed by atoms with van der Waals surface area (Å²) in [5, 5.41) is 44.5. The van der Waals surface area contributed by atoms with Crippen LogP contribution in [0.5, 0.6) is 5.75 Å². The number of nitrogens with zero attached hydrogens (tertiary/aromatic N) is 2. The molecule has 194 valence electrons. The molecule has 2 aromatic carbocycles. The number of carbonyl (C=O) groups excluding carboxylic acids is 1. The third-order valence-corrected chi connectivity index (χ3v) is 9.11.